The van der Waals surface area contributed by atoms with Crippen molar-refractivity contribution < 1.29 is 48.1 Å². The molecule has 0 aliphatic carbocycles. The second-order valence-corrected chi connectivity index (χ2v) is 9.66. The number of carbonyl (C=O) groups excluding carboxylic acids is 6. The van der Waals surface area contributed by atoms with E-state index in [1.54, 1.807) is 44.4 Å². The van der Waals surface area contributed by atoms with Gasteiger partial charge < -0.3 is 20.3 Å². The lowest BCUT2D eigenvalue weighted by molar-refractivity contribution is -0.168. The number of hydrogen-bond acceptors (Lipinski definition) is 11. The van der Waals surface area contributed by atoms with Crippen LogP contribution in [0.4, 0.5) is 4.79 Å². The molecule has 5 amide bonds. The van der Waals surface area contributed by atoms with E-state index < -0.39 is 59.9 Å². The molecule has 15 nitrogen and oxygen atoms in total. The number of aliphatic carboxylic acids is 1. The molecule has 4 N–H and O–H groups in total. The first-order valence-corrected chi connectivity index (χ1v) is 11.4. The highest BCUT2D eigenvalue weighted by Crippen LogP contribution is 2.16. The Balaban J connectivity index is 0.000000738. The third-order valence-electron chi connectivity index (χ3n) is 5.57. The molecule has 2 aliphatic rings. The van der Waals surface area contributed by atoms with Crippen molar-refractivity contribution in [3.63, 3.8) is 0 Å². The number of piperazine rings is 2. The second kappa shape index (κ2) is 13.1. The van der Waals surface area contributed by atoms with Crippen LogP contribution in [0.1, 0.15) is 41.5 Å². The molecule has 208 valence electrons. The Morgan fingerprint density at radius 2 is 1.35 bits per heavy atom. The van der Waals surface area contributed by atoms with Gasteiger partial charge in [-0.25, -0.2) is 9.69 Å². The van der Waals surface area contributed by atoms with Crippen molar-refractivity contribution in [2.24, 2.45) is 11.7 Å². The number of primary amides is 1. The van der Waals surface area contributed by atoms with Crippen LogP contribution in [-0.2, 0) is 38.2 Å². The zero-order valence-electron chi connectivity index (χ0n) is 21.8. The number of nitrogens with one attached hydrogen (secondary N) is 1. The van der Waals surface area contributed by atoms with E-state index in [-0.39, 0.29) is 38.3 Å². The summed E-state index contributed by atoms with van der Waals surface area (Å²) >= 11 is 0. The monoisotopic (exact) mass is 529 g/mol. The lowest BCUT2D eigenvalue weighted by Gasteiger charge is -2.41. The molecule has 3 atom stereocenters. The van der Waals surface area contributed by atoms with E-state index in [0.29, 0.717) is 0 Å². The minimum Gasteiger partial charge on any atom is -0.481 e. The van der Waals surface area contributed by atoms with Crippen molar-refractivity contribution in [2.75, 3.05) is 32.9 Å². The minimum atomic E-state index is -1.41. The maximum atomic E-state index is 12.4. The van der Waals surface area contributed by atoms with Crippen molar-refractivity contribution in [2.45, 2.75) is 59.2 Å². The topological polar surface area (TPSA) is 206 Å². The highest BCUT2D eigenvalue weighted by molar-refractivity contribution is 6.00. The van der Waals surface area contributed by atoms with Gasteiger partial charge in [-0.2, -0.15) is 0 Å². The van der Waals surface area contributed by atoms with E-state index in [9.17, 15) is 33.6 Å². The molecule has 2 fully saturated rings. The van der Waals surface area contributed by atoms with Crippen LogP contribution in [0.25, 0.3) is 0 Å². The van der Waals surface area contributed by atoms with Crippen LogP contribution in [0.2, 0.25) is 0 Å². The fraction of sp³-hybridized carbons (Fsp3) is 0.682. The Labute approximate surface area is 214 Å². The van der Waals surface area contributed by atoms with Gasteiger partial charge >= 0.3 is 18.0 Å². The molecule has 0 saturated carbocycles. The summed E-state index contributed by atoms with van der Waals surface area (Å²) in [6.07, 6.45) is -0.725. The molecule has 0 aromatic carbocycles. The van der Waals surface area contributed by atoms with Crippen molar-refractivity contribution in [3.05, 3.63) is 0 Å². The molecule has 0 bridgehead atoms. The average molecular weight is 530 g/mol. The molecule has 0 aromatic heterocycles. The Hall–Kier alpha value is -3.59. The van der Waals surface area contributed by atoms with Crippen LogP contribution >= 0.6 is 0 Å². The lowest BCUT2D eigenvalue weighted by atomic mass is 10.1. The summed E-state index contributed by atoms with van der Waals surface area (Å²) in [5, 5.41) is 11.0. The standard InChI is InChI=1S/C17H24N4O8.C5H11NO2/c1-9(16(26)27)17(28)29-8-21-14(24)6-20(7-15(21)25)11(3)10(2)19-4-12(22)18-13(23)5-19;1-5(2,3)8-4(6)7/h9-11H,4-8H2,1-3H3,(H,26,27)(H,18,22,23);1-3H3,(H2,6,7). The molecule has 3 unspecified atom stereocenters. The number of amides is 5. The summed E-state index contributed by atoms with van der Waals surface area (Å²) in [7, 11) is 0. The number of rotatable bonds is 7. The number of ether oxygens (including phenoxy) is 2. The Kier molecular flexibility index (Phi) is 11.1. The van der Waals surface area contributed by atoms with E-state index >= 15 is 0 Å². The second-order valence-electron chi connectivity index (χ2n) is 9.66. The Morgan fingerprint density at radius 3 is 1.70 bits per heavy atom. The van der Waals surface area contributed by atoms with Crippen LogP contribution in [0.3, 0.4) is 0 Å². The third-order valence-corrected chi connectivity index (χ3v) is 5.57. The highest BCUT2D eigenvalue weighted by atomic mass is 16.6. The predicted octanol–water partition coefficient (Wildman–Crippen LogP) is -1.51. The molecule has 2 rings (SSSR count). The number of carbonyl (C=O) groups is 7. The summed E-state index contributed by atoms with van der Waals surface area (Å²) < 4.78 is 9.34. The normalized spacial score (nSPS) is 19.7. The summed E-state index contributed by atoms with van der Waals surface area (Å²) in [6.45, 7) is 9.18. The molecule has 15 heteroatoms. The SMILES string of the molecule is CC(C(=O)O)C(=O)OCN1C(=O)CN(C(C)C(C)N2CC(=O)NC(=O)C2)CC1=O.CC(C)(C)OC(N)=O. The van der Waals surface area contributed by atoms with E-state index in [1.165, 1.54) is 0 Å². The highest BCUT2D eigenvalue weighted by Gasteiger charge is 2.38. The van der Waals surface area contributed by atoms with Gasteiger partial charge in [-0.3, -0.25) is 43.9 Å². The third kappa shape index (κ3) is 10.1. The summed E-state index contributed by atoms with van der Waals surface area (Å²) in [4.78, 5) is 84.3. The van der Waals surface area contributed by atoms with Gasteiger partial charge in [0, 0.05) is 12.1 Å². The van der Waals surface area contributed by atoms with Crippen LogP contribution in [0.15, 0.2) is 0 Å². The minimum absolute atomic E-state index is 0.0385. The molecule has 2 heterocycles. The first kappa shape index (κ1) is 31.4. The van der Waals surface area contributed by atoms with Crippen LogP contribution in [-0.4, -0.2) is 112 Å². The summed E-state index contributed by atoms with van der Waals surface area (Å²) in [5.41, 5.74) is 4.26. The van der Waals surface area contributed by atoms with Gasteiger partial charge in [-0.1, -0.05) is 0 Å². The smallest absolute Gasteiger partial charge is 0.405 e. The summed E-state index contributed by atoms with van der Waals surface area (Å²) in [5.74, 6) is -5.83. The van der Waals surface area contributed by atoms with Gasteiger partial charge in [-0.05, 0) is 41.5 Å². The molecule has 2 aliphatic heterocycles. The predicted molar refractivity (Wildman–Crippen MR) is 125 cm³/mol. The first-order chi connectivity index (χ1) is 16.9. The maximum absolute atomic E-state index is 12.4. The molecule has 0 aromatic rings. The Bertz CT molecular complexity index is 897. The van der Waals surface area contributed by atoms with Gasteiger partial charge in [0.1, 0.15) is 5.60 Å². The number of hydrogen-bond donors (Lipinski definition) is 3. The number of nitrogens with zero attached hydrogens (tertiary/aromatic N) is 3. The lowest BCUT2D eigenvalue weighted by Crippen LogP contribution is -2.62. The van der Waals surface area contributed by atoms with Gasteiger partial charge in [0.15, 0.2) is 12.6 Å². The number of carboxylic acids is 1. The molecule has 0 spiro atoms. The zero-order chi connectivity index (χ0) is 28.7. The van der Waals surface area contributed by atoms with Crippen LogP contribution < -0.4 is 11.1 Å². The molecular formula is C22H35N5O10. The number of nitrogens with two attached hydrogens (primary N) is 1. The van der Waals surface area contributed by atoms with Gasteiger partial charge in [0.05, 0.1) is 26.2 Å². The Morgan fingerprint density at radius 1 is 0.919 bits per heavy atom. The number of imide groups is 2. The van der Waals surface area contributed by atoms with Gasteiger partial charge in [-0.15, -0.1) is 0 Å². The van der Waals surface area contributed by atoms with E-state index in [2.05, 4.69) is 10.1 Å². The van der Waals surface area contributed by atoms with Crippen molar-refractivity contribution in [3.8, 4) is 0 Å². The fourth-order valence-electron chi connectivity index (χ4n) is 3.36. The largest absolute Gasteiger partial charge is 0.481 e. The van der Waals surface area contributed by atoms with Crippen molar-refractivity contribution >= 4 is 41.7 Å². The number of esters is 1. The average Bonchev–Trinajstić information content (AvgIpc) is 2.74. The van der Waals surface area contributed by atoms with E-state index in [0.717, 1.165) is 11.8 Å². The van der Waals surface area contributed by atoms with Gasteiger partial charge in [0.25, 0.3) is 0 Å². The van der Waals surface area contributed by atoms with Crippen LogP contribution in [0.5, 0.6) is 0 Å². The first-order valence-electron chi connectivity index (χ1n) is 11.4. The van der Waals surface area contributed by atoms with E-state index in [4.69, 9.17) is 15.6 Å². The van der Waals surface area contributed by atoms with Crippen molar-refractivity contribution in [1.82, 2.24) is 20.0 Å². The van der Waals surface area contributed by atoms with Crippen molar-refractivity contribution in [1.29, 1.82) is 0 Å². The summed E-state index contributed by atoms with van der Waals surface area (Å²) in [6, 6.07) is -0.607. The molecule has 2 saturated heterocycles. The quantitative estimate of drug-likeness (QED) is 0.196. The van der Waals surface area contributed by atoms with Gasteiger partial charge in [0.2, 0.25) is 23.6 Å². The zero-order valence-corrected chi connectivity index (χ0v) is 21.8. The van der Waals surface area contributed by atoms with Crippen LogP contribution in [0, 0.1) is 5.92 Å². The molecular weight excluding hydrogens is 494 g/mol. The fourth-order valence-corrected chi connectivity index (χ4v) is 3.36. The number of carboxylic acid groups (broad SMARTS) is 1. The molecule has 0 radical (unpaired) electrons. The molecule has 37 heavy (non-hydrogen) atoms. The maximum Gasteiger partial charge on any atom is 0.405 e. The van der Waals surface area contributed by atoms with E-state index in [1.807, 2.05) is 0 Å².